The predicted molar refractivity (Wildman–Crippen MR) is 171 cm³/mol. The SMILES string of the molecule is CCCCCCCCCCCCCCCCCC[N+]CCCCCCCCCCCCCCCCCC. The second-order valence-corrected chi connectivity index (χ2v) is 12.3. The van der Waals surface area contributed by atoms with E-state index < -0.39 is 0 Å². The Hall–Kier alpha value is -0.0400. The van der Waals surface area contributed by atoms with Crippen LogP contribution in [0.4, 0.5) is 0 Å². The summed E-state index contributed by atoms with van der Waals surface area (Å²) in [4.78, 5) is 0. The molecule has 0 aliphatic heterocycles. The molecule has 0 aliphatic rings. The molecule has 2 radical (unpaired) electrons. The van der Waals surface area contributed by atoms with Gasteiger partial charge in [0.25, 0.3) is 0 Å². The predicted octanol–water partition coefficient (Wildman–Crippen LogP) is 13.1. The highest BCUT2D eigenvalue weighted by molar-refractivity contribution is 4.54. The van der Waals surface area contributed by atoms with Gasteiger partial charge in [-0.15, -0.1) is 0 Å². The Labute approximate surface area is 237 Å². The van der Waals surface area contributed by atoms with Crippen molar-refractivity contribution in [2.24, 2.45) is 0 Å². The zero-order valence-electron chi connectivity index (χ0n) is 26.5. The fourth-order valence-corrected chi connectivity index (χ4v) is 5.66. The van der Waals surface area contributed by atoms with E-state index in [9.17, 15) is 0 Å². The van der Waals surface area contributed by atoms with E-state index in [0.717, 1.165) is 13.1 Å². The van der Waals surface area contributed by atoms with Crippen molar-refractivity contribution in [3.05, 3.63) is 0 Å². The largest absolute Gasteiger partial charge is 0.183 e. The van der Waals surface area contributed by atoms with Crippen molar-refractivity contribution >= 4 is 0 Å². The van der Waals surface area contributed by atoms with E-state index in [0.29, 0.717) is 0 Å². The Balaban J connectivity index is 3.00. The normalized spacial score (nSPS) is 11.5. The summed E-state index contributed by atoms with van der Waals surface area (Å²) < 4.78 is 0. The third kappa shape index (κ3) is 36.0. The smallest absolute Gasteiger partial charge is 0.0654 e. The van der Waals surface area contributed by atoms with Crippen molar-refractivity contribution in [1.29, 1.82) is 0 Å². The van der Waals surface area contributed by atoms with Gasteiger partial charge in [0.05, 0.1) is 5.32 Å². The van der Waals surface area contributed by atoms with Crippen molar-refractivity contribution in [2.45, 2.75) is 219 Å². The van der Waals surface area contributed by atoms with E-state index in [2.05, 4.69) is 13.8 Å². The average Bonchev–Trinajstić information content (AvgIpc) is 2.91. The second-order valence-electron chi connectivity index (χ2n) is 12.3. The van der Waals surface area contributed by atoms with E-state index >= 15 is 0 Å². The molecule has 0 N–H and O–H groups in total. The van der Waals surface area contributed by atoms with Crippen LogP contribution in [0.3, 0.4) is 0 Å². The molecule has 0 rings (SSSR count). The van der Waals surface area contributed by atoms with Crippen LogP contribution >= 0.6 is 0 Å². The van der Waals surface area contributed by atoms with Crippen molar-refractivity contribution in [3.63, 3.8) is 0 Å². The number of hydrogen-bond donors (Lipinski definition) is 0. The summed E-state index contributed by atoms with van der Waals surface area (Å²) in [5.41, 5.74) is 0. The Bertz CT molecular complexity index is 332. The maximum absolute atomic E-state index is 4.78. The molecular weight excluding hydrogens is 446 g/mol. The summed E-state index contributed by atoms with van der Waals surface area (Å²) in [6.07, 6.45) is 46.4. The minimum absolute atomic E-state index is 1.12. The summed E-state index contributed by atoms with van der Waals surface area (Å²) in [5.74, 6) is 0. The molecule has 0 aromatic rings. The molecule has 1 nitrogen and oxygen atoms in total. The van der Waals surface area contributed by atoms with Crippen molar-refractivity contribution in [1.82, 2.24) is 5.32 Å². The highest BCUT2D eigenvalue weighted by atomic mass is 14.8. The molecule has 0 aromatic heterocycles. The van der Waals surface area contributed by atoms with Crippen LogP contribution in [-0.4, -0.2) is 13.1 Å². The molecule has 0 fully saturated rings. The molecule has 0 unspecified atom stereocenters. The molecule has 1 heteroatoms. The number of unbranched alkanes of at least 4 members (excludes halogenated alkanes) is 30. The topological polar surface area (TPSA) is 14.1 Å². The monoisotopic (exact) mass is 521 g/mol. The Morgan fingerprint density at radius 2 is 0.378 bits per heavy atom. The first-order valence-electron chi connectivity index (χ1n) is 18.0. The standard InChI is InChI=1S/C36H74N/c1-3-5-7-9-11-13-15-17-19-21-23-25-27-29-31-33-35-37-36-34-32-30-28-26-24-22-20-18-16-14-12-10-8-6-4-2/h3-36H2,1-2H3/q+1. The second kappa shape index (κ2) is 36.0. The Morgan fingerprint density at radius 3 is 0.568 bits per heavy atom. The first kappa shape index (κ1) is 37.0. The number of rotatable bonds is 34. The van der Waals surface area contributed by atoms with Gasteiger partial charge in [-0.25, -0.2) is 0 Å². The molecular formula is C36H74N+. The Morgan fingerprint density at radius 1 is 0.216 bits per heavy atom. The lowest BCUT2D eigenvalue weighted by Crippen LogP contribution is -2.08. The van der Waals surface area contributed by atoms with Gasteiger partial charge < -0.3 is 0 Å². The minimum Gasteiger partial charge on any atom is -0.0654 e. The fraction of sp³-hybridized carbons (Fsp3) is 1.00. The van der Waals surface area contributed by atoms with Crippen LogP contribution in [0.1, 0.15) is 219 Å². The van der Waals surface area contributed by atoms with E-state index in [1.807, 2.05) is 0 Å². The molecule has 0 bridgehead atoms. The van der Waals surface area contributed by atoms with Crippen molar-refractivity contribution in [3.8, 4) is 0 Å². The van der Waals surface area contributed by atoms with Gasteiger partial charge >= 0.3 is 0 Å². The van der Waals surface area contributed by atoms with Gasteiger partial charge in [0.2, 0.25) is 0 Å². The van der Waals surface area contributed by atoms with Crippen molar-refractivity contribution < 1.29 is 0 Å². The summed E-state index contributed by atoms with van der Waals surface area (Å²) >= 11 is 0. The van der Waals surface area contributed by atoms with E-state index in [1.165, 1.54) is 205 Å². The molecule has 0 aliphatic carbocycles. The Kier molecular flexibility index (Phi) is 35.9. The minimum atomic E-state index is 1.12. The molecule has 0 atom stereocenters. The molecule has 0 saturated carbocycles. The third-order valence-corrected chi connectivity index (χ3v) is 8.34. The van der Waals surface area contributed by atoms with Crippen LogP contribution in [0.2, 0.25) is 0 Å². The maximum atomic E-state index is 4.78. The van der Waals surface area contributed by atoms with Gasteiger partial charge in [-0.2, -0.15) is 0 Å². The molecule has 222 valence electrons. The fourth-order valence-electron chi connectivity index (χ4n) is 5.66. The van der Waals surface area contributed by atoms with Crippen LogP contribution in [0.25, 0.3) is 0 Å². The van der Waals surface area contributed by atoms with E-state index in [-0.39, 0.29) is 0 Å². The van der Waals surface area contributed by atoms with Crippen LogP contribution in [0, 0.1) is 0 Å². The number of hydrogen-bond acceptors (Lipinski definition) is 0. The molecule has 37 heavy (non-hydrogen) atoms. The first-order chi connectivity index (χ1) is 18.4. The summed E-state index contributed by atoms with van der Waals surface area (Å²) in [6, 6.07) is 0. The zero-order chi connectivity index (χ0) is 26.7. The van der Waals surface area contributed by atoms with Crippen LogP contribution < -0.4 is 5.32 Å². The van der Waals surface area contributed by atoms with Gasteiger partial charge in [-0.3, -0.25) is 0 Å². The quantitative estimate of drug-likeness (QED) is 0.0749. The van der Waals surface area contributed by atoms with Gasteiger partial charge in [-0.1, -0.05) is 194 Å². The highest BCUT2D eigenvalue weighted by Gasteiger charge is 2.03. The van der Waals surface area contributed by atoms with E-state index in [1.54, 1.807) is 0 Å². The summed E-state index contributed by atoms with van der Waals surface area (Å²) in [5, 5.41) is 4.78. The van der Waals surface area contributed by atoms with Gasteiger partial charge in [0.15, 0.2) is 13.1 Å². The van der Waals surface area contributed by atoms with Crippen LogP contribution in [-0.2, 0) is 0 Å². The third-order valence-electron chi connectivity index (χ3n) is 8.34. The highest BCUT2D eigenvalue weighted by Crippen LogP contribution is 2.15. The van der Waals surface area contributed by atoms with Gasteiger partial charge in [0.1, 0.15) is 0 Å². The lowest BCUT2D eigenvalue weighted by atomic mass is 10.0. The lowest BCUT2D eigenvalue weighted by Gasteiger charge is -2.03. The van der Waals surface area contributed by atoms with E-state index in [4.69, 9.17) is 5.32 Å². The molecule has 0 amide bonds. The van der Waals surface area contributed by atoms with Gasteiger partial charge in [-0.05, 0) is 12.8 Å². The maximum Gasteiger partial charge on any atom is 0.183 e. The molecule has 0 spiro atoms. The molecule has 0 saturated heterocycles. The molecule has 0 aromatic carbocycles. The van der Waals surface area contributed by atoms with Gasteiger partial charge in [0, 0.05) is 12.8 Å². The number of nitrogens with zero attached hydrogens (tertiary/aromatic N) is 1. The summed E-state index contributed by atoms with van der Waals surface area (Å²) in [7, 11) is 0. The summed E-state index contributed by atoms with van der Waals surface area (Å²) in [6.45, 7) is 6.85. The van der Waals surface area contributed by atoms with Crippen molar-refractivity contribution in [2.75, 3.05) is 13.1 Å². The van der Waals surface area contributed by atoms with Crippen LogP contribution in [0.5, 0.6) is 0 Å². The van der Waals surface area contributed by atoms with Crippen LogP contribution in [0.15, 0.2) is 0 Å². The molecule has 0 heterocycles. The average molecular weight is 521 g/mol. The lowest BCUT2D eigenvalue weighted by molar-refractivity contribution is 0.513. The zero-order valence-corrected chi connectivity index (χ0v) is 26.5. The first-order valence-corrected chi connectivity index (χ1v) is 18.0.